The fourth-order valence-corrected chi connectivity index (χ4v) is 4.40. The van der Waals surface area contributed by atoms with Crippen LogP contribution >= 0.6 is 11.3 Å². The third-order valence-electron chi connectivity index (χ3n) is 5.33. The van der Waals surface area contributed by atoms with Crippen molar-refractivity contribution >= 4 is 23.2 Å². The van der Waals surface area contributed by atoms with E-state index in [0.717, 1.165) is 62.1 Å². The van der Waals surface area contributed by atoms with Gasteiger partial charge in [0.15, 0.2) is 5.76 Å². The highest BCUT2D eigenvalue weighted by Crippen LogP contribution is 2.42. The average Bonchev–Trinajstić information content (AvgIpc) is 3.36. The first-order chi connectivity index (χ1) is 13.8. The molecule has 6 nitrogen and oxygen atoms in total. The van der Waals surface area contributed by atoms with E-state index in [0.29, 0.717) is 23.8 Å². The van der Waals surface area contributed by atoms with Gasteiger partial charge in [-0.1, -0.05) is 6.07 Å². The van der Waals surface area contributed by atoms with Crippen molar-refractivity contribution in [1.82, 2.24) is 9.80 Å². The van der Waals surface area contributed by atoms with Gasteiger partial charge in [-0.2, -0.15) is 0 Å². The summed E-state index contributed by atoms with van der Waals surface area (Å²) in [4.78, 5) is 18.4. The van der Waals surface area contributed by atoms with Crippen molar-refractivity contribution in [1.29, 1.82) is 0 Å². The second-order valence-electron chi connectivity index (χ2n) is 7.15. The van der Waals surface area contributed by atoms with E-state index < -0.39 is 0 Å². The Labute approximate surface area is 167 Å². The van der Waals surface area contributed by atoms with E-state index in [4.69, 9.17) is 14.2 Å². The van der Waals surface area contributed by atoms with Crippen LogP contribution in [-0.2, 0) is 11.3 Å². The lowest BCUT2D eigenvalue weighted by molar-refractivity contribution is 0.0239. The first kappa shape index (κ1) is 17.9. The molecule has 0 amide bonds. The zero-order valence-electron chi connectivity index (χ0n) is 15.6. The quantitative estimate of drug-likeness (QED) is 0.739. The van der Waals surface area contributed by atoms with Gasteiger partial charge in [0.25, 0.3) is 0 Å². The predicted molar refractivity (Wildman–Crippen MR) is 107 cm³/mol. The fourth-order valence-electron chi connectivity index (χ4n) is 3.76. The van der Waals surface area contributed by atoms with E-state index in [-0.39, 0.29) is 5.78 Å². The van der Waals surface area contributed by atoms with Crippen LogP contribution in [0.5, 0.6) is 11.5 Å². The Kier molecular flexibility index (Phi) is 4.90. The summed E-state index contributed by atoms with van der Waals surface area (Å²) in [7, 11) is 0. The maximum Gasteiger partial charge on any atom is 0.232 e. The standard InChI is InChI=1S/C21H22N2O4S/c24-20-16-3-4-18-17(21(16)27-19(20)12-15-2-1-11-28-15)13-23(14-26-18)6-5-22-7-9-25-10-8-22/h1-4,11-12H,5-10,13-14H2. The minimum Gasteiger partial charge on any atom is -0.478 e. The molecule has 0 radical (unpaired) electrons. The largest absolute Gasteiger partial charge is 0.478 e. The van der Waals surface area contributed by atoms with Crippen LogP contribution in [0.2, 0.25) is 0 Å². The van der Waals surface area contributed by atoms with Crippen molar-refractivity contribution in [3.8, 4) is 11.5 Å². The lowest BCUT2D eigenvalue weighted by Crippen LogP contribution is -2.43. The number of fused-ring (bicyclic) bond motifs is 3. The zero-order valence-corrected chi connectivity index (χ0v) is 16.4. The maximum absolute atomic E-state index is 12.8. The van der Waals surface area contributed by atoms with Gasteiger partial charge < -0.3 is 14.2 Å². The van der Waals surface area contributed by atoms with E-state index in [1.165, 1.54) is 0 Å². The number of nitrogens with zero attached hydrogens (tertiary/aromatic N) is 2. The summed E-state index contributed by atoms with van der Waals surface area (Å²) in [6.07, 6.45) is 1.82. The van der Waals surface area contributed by atoms with Crippen LogP contribution in [0.3, 0.4) is 0 Å². The molecule has 4 heterocycles. The Morgan fingerprint density at radius 1 is 1.11 bits per heavy atom. The normalized spacial score (nSPS) is 21.3. The zero-order chi connectivity index (χ0) is 18.9. The van der Waals surface area contributed by atoms with Crippen molar-refractivity contribution in [2.24, 2.45) is 0 Å². The molecule has 5 rings (SSSR count). The SMILES string of the molecule is O=C1C(=Cc2cccs2)Oc2c1ccc1c2CN(CCN2CCOCC2)CO1. The number of carbonyl (C=O) groups excluding carboxylic acids is 1. The van der Waals surface area contributed by atoms with E-state index >= 15 is 0 Å². The topological polar surface area (TPSA) is 51.2 Å². The van der Waals surface area contributed by atoms with Gasteiger partial charge >= 0.3 is 0 Å². The molecule has 0 bridgehead atoms. The molecule has 3 aliphatic rings. The highest BCUT2D eigenvalue weighted by molar-refractivity contribution is 7.10. The lowest BCUT2D eigenvalue weighted by atomic mass is 10.0. The monoisotopic (exact) mass is 398 g/mol. The number of ether oxygens (including phenoxy) is 3. The Morgan fingerprint density at radius 3 is 2.79 bits per heavy atom. The summed E-state index contributed by atoms with van der Waals surface area (Å²) in [5.41, 5.74) is 1.59. The predicted octanol–water partition coefficient (Wildman–Crippen LogP) is 2.85. The Balaban J connectivity index is 1.33. The summed E-state index contributed by atoms with van der Waals surface area (Å²) < 4.78 is 17.4. The van der Waals surface area contributed by atoms with Crippen molar-refractivity contribution in [3.63, 3.8) is 0 Å². The molecule has 1 saturated heterocycles. The molecule has 0 aliphatic carbocycles. The van der Waals surface area contributed by atoms with Crippen molar-refractivity contribution < 1.29 is 19.0 Å². The molecule has 146 valence electrons. The molecule has 0 saturated carbocycles. The number of morpholine rings is 1. The highest BCUT2D eigenvalue weighted by atomic mass is 32.1. The fraction of sp³-hybridized carbons (Fsp3) is 0.381. The van der Waals surface area contributed by atoms with Crippen LogP contribution < -0.4 is 9.47 Å². The third kappa shape index (κ3) is 3.46. The Hall–Kier alpha value is -2.19. The van der Waals surface area contributed by atoms with Gasteiger partial charge in [0.1, 0.15) is 18.2 Å². The Morgan fingerprint density at radius 2 is 1.96 bits per heavy atom. The molecule has 1 aromatic heterocycles. The lowest BCUT2D eigenvalue weighted by Gasteiger charge is -2.33. The number of hydrogen-bond acceptors (Lipinski definition) is 7. The van der Waals surface area contributed by atoms with E-state index in [1.54, 1.807) is 11.3 Å². The third-order valence-corrected chi connectivity index (χ3v) is 6.15. The van der Waals surface area contributed by atoms with Crippen molar-refractivity contribution in [2.75, 3.05) is 46.1 Å². The van der Waals surface area contributed by atoms with Gasteiger partial charge in [-0.05, 0) is 23.6 Å². The van der Waals surface area contributed by atoms with Gasteiger partial charge in [0, 0.05) is 43.7 Å². The molecule has 1 fully saturated rings. The van der Waals surface area contributed by atoms with Gasteiger partial charge in [-0.15, -0.1) is 11.3 Å². The molecule has 7 heteroatoms. The molecule has 2 aromatic rings. The molecule has 0 atom stereocenters. The first-order valence-corrected chi connectivity index (χ1v) is 10.4. The highest BCUT2D eigenvalue weighted by Gasteiger charge is 2.33. The second kappa shape index (κ2) is 7.67. The van der Waals surface area contributed by atoms with Crippen molar-refractivity contribution in [2.45, 2.75) is 6.54 Å². The summed E-state index contributed by atoms with van der Waals surface area (Å²) in [5, 5.41) is 1.99. The van der Waals surface area contributed by atoms with Gasteiger partial charge in [0.05, 0.1) is 24.3 Å². The first-order valence-electron chi connectivity index (χ1n) is 9.57. The summed E-state index contributed by atoms with van der Waals surface area (Å²) in [6, 6.07) is 7.65. The molecule has 3 aliphatic heterocycles. The van der Waals surface area contributed by atoms with E-state index in [1.807, 2.05) is 35.7 Å². The molecule has 0 N–H and O–H groups in total. The summed E-state index contributed by atoms with van der Waals surface area (Å²) in [5.74, 6) is 1.79. The maximum atomic E-state index is 12.8. The number of thiophene rings is 1. The minimum atomic E-state index is -0.0587. The smallest absolute Gasteiger partial charge is 0.232 e. The van der Waals surface area contributed by atoms with Crippen molar-refractivity contribution in [3.05, 3.63) is 51.4 Å². The van der Waals surface area contributed by atoms with Gasteiger partial charge in [-0.25, -0.2) is 0 Å². The molecule has 0 spiro atoms. The summed E-state index contributed by atoms with van der Waals surface area (Å²) >= 11 is 1.58. The number of rotatable bonds is 4. The number of hydrogen-bond donors (Lipinski definition) is 0. The van der Waals surface area contributed by atoms with Crippen LogP contribution in [-0.4, -0.2) is 61.7 Å². The number of carbonyl (C=O) groups is 1. The van der Waals surface area contributed by atoms with Gasteiger partial charge in [0.2, 0.25) is 5.78 Å². The Bertz CT molecular complexity index is 903. The number of benzene rings is 1. The number of ketones is 1. The van der Waals surface area contributed by atoms with Gasteiger partial charge in [-0.3, -0.25) is 14.6 Å². The van der Waals surface area contributed by atoms with Crippen LogP contribution in [0.1, 0.15) is 20.8 Å². The van der Waals surface area contributed by atoms with Crippen LogP contribution in [0, 0.1) is 0 Å². The molecule has 28 heavy (non-hydrogen) atoms. The average molecular weight is 398 g/mol. The molecule has 1 aromatic carbocycles. The number of Topliss-reactive ketones (excluding diaryl/α,β-unsaturated/α-hetero) is 1. The van der Waals surface area contributed by atoms with Crippen LogP contribution in [0.25, 0.3) is 6.08 Å². The molecular formula is C21H22N2O4S. The molecular weight excluding hydrogens is 376 g/mol. The number of allylic oxidation sites excluding steroid dienone is 1. The van der Waals surface area contributed by atoms with Crippen LogP contribution in [0.4, 0.5) is 0 Å². The van der Waals surface area contributed by atoms with E-state index in [2.05, 4.69) is 9.80 Å². The van der Waals surface area contributed by atoms with Crippen LogP contribution in [0.15, 0.2) is 35.4 Å². The minimum absolute atomic E-state index is 0.0587. The second-order valence-corrected chi connectivity index (χ2v) is 8.13. The van der Waals surface area contributed by atoms with E-state index in [9.17, 15) is 4.79 Å². The summed E-state index contributed by atoms with van der Waals surface area (Å²) in [6.45, 7) is 6.76. The molecule has 0 unspecified atom stereocenters.